The van der Waals surface area contributed by atoms with Crippen molar-refractivity contribution >= 4 is 21.4 Å². The van der Waals surface area contributed by atoms with E-state index in [0.29, 0.717) is 0 Å². The summed E-state index contributed by atoms with van der Waals surface area (Å²) in [5.74, 6) is 0. The molecule has 0 aliphatic rings. The van der Waals surface area contributed by atoms with Gasteiger partial charge in [0.2, 0.25) is 0 Å². The van der Waals surface area contributed by atoms with Gasteiger partial charge >= 0.3 is 13.1 Å². The SMILES string of the molecule is CCOC(=O)P(=O)(O[Si](C)(C)C)C(C)(C)C. The first kappa shape index (κ1) is 15.9. The molecule has 0 saturated heterocycles. The Labute approximate surface area is 99.3 Å². The molecule has 1 atom stereocenters. The number of ether oxygens (including phenoxy) is 1. The van der Waals surface area contributed by atoms with Crippen LogP contribution in [0.1, 0.15) is 27.7 Å². The summed E-state index contributed by atoms with van der Waals surface area (Å²) in [6, 6.07) is 0. The lowest BCUT2D eigenvalue weighted by Gasteiger charge is -2.33. The van der Waals surface area contributed by atoms with E-state index in [1.165, 1.54) is 0 Å². The number of hydrogen-bond donors (Lipinski definition) is 0. The third-order valence-electron chi connectivity index (χ3n) is 1.79. The van der Waals surface area contributed by atoms with Crippen LogP contribution in [0.5, 0.6) is 0 Å². The quantitative estimate of drug-likeness (QED) is 0.568. The zero-order valence-electron chi connectivity index (χ0n) is 11.3. The predicted molar refractivity (Wildman–Crippen MR) is 68.8 cm³/mol. The van der Waals surface area contributed by atoms with Crippen molar-refractivity contribution in [2.75, 3.05) is 6.61 Å². The van der Waals surface area contributed by atoms with Crippen molar-refractivity contribution < 1.29 is 18.3 Å². The Hall–Kier alpha value is -0.123. The normalized spacial score (nSPS) is 16.7. The van der Waals surface area contributed by atoms with E-state index >= 15 is 0 Å². The molecule has 6 heteroatoms. The van der Waals surface area contributed by atoms with E-state index in [1.807, 2.05) is 19.6 Å². The molecule has 0 heterocycles. The van der Waals surface area contributed by atoms with Crippen LogP contribution in [0.3, 0.4) is 0 Å². The highest BCUT2D eigenvalue weighted by molar-refractivity contribution is 7.78. The Balaban J connectivity index is 5.23. The fraction of sp³-hybridized carbons (Fsp3) is 0.900. The van der Waals surface area contributed by atoms with Crippen molar-refractivity contribution in [2.45, 2.75) is 52.5 Å². The molecule has 0 spiro atoms. The molecule has 0 bridgehead atoms. The fourth-order valence-electron chi connectivity index (χ4n) is 1.04. The molecular weight excluding hydrogens is 243 g/mol. The van der Waals surface area contributed by atoms with Gasteiger partial charge in [-0.25, -0.2) is 4.79 Å². The first-order valence-electron chi connectivity index (χ1n) is 5.42. The summed E-state index contributed by atoms with van der Waals surface area (Å²) in [4.78, 5) is 11.8. The van der Waals surface area contributed by atoms with Gasteiger partial charge in [0.15, 0.2) is 8.32 Å². The smallest absolute Gasteiger partial charge is 0.391 e. The van der Waals surface area contributed by atoms with Gasteiger partial charge in [0, 0.05) is 5.16 Å². The first-order chi connectivity index (χ1) is 6.94. The minimum absolute atomic E-state index is 0.216. The van der Waals surface area contributed by atoms with Crippen LogP contribution >= 0.6 is 7.37 Å². The fourth-order valence-corrected chi connectivity index (χ4v) is 6.37. The Kier molecular flexibility index (Phi) is 4.99. The summed E-state index contributed by atoms with van der Waals surface area (Å²) in [5, 5.41) is -0.723. The molecule has 0 N–H and O–H groups in total. The molecular formula is C10H23O4PSi. The second kappa shape index (κ2) is 5.03. The van der Waals surface area contributed by atoms with Crippen molar-refractivity contribution in [1.29, 1.82) is 0 Å². The Morgan fingerprint density at radius 3 is 1.94 bits per heavy atom. The average molecular weight is 266 g/mol. The molecule has 0 aliphatic carbocycles. The van der Waals surface area contributed by atoms with Crippen LogP contribution in [0.2, 0.25) is 19.6 Å². The number of carbonyl (C=O) groups excluding carboxylic acids is 1. The van der Waals surface area contributed by atoms with Crippen LogP contribution in [-0.2, 0) is 13.5 Å². The Bertz CT molecular complexity index is 301. The van der Waals surface area contributed by atoms with Crippen molar-refractivity contribution in [1.82, 2.24) is 0 Å². The van der Waals surface area contributed by atoms with Crippen LogP contribution in [0.15, 0.2) is 0 Å². The summed E-state index contributed by atoms with van der Waals surface area (Å²) in [7, 11) is -5.49. The van der Waals surface area contributed by atoms with E-state index < -0.39 is 26.6 Å². The zero-order chi connectivity index (χ0) is 13.2. The Morgan fingerprint density at radius 1 is 1.25 bits per heavy atom. The van der Waals surface area contributed by atoms with Crippen LogP contribution in [0, 0.1) is 0 Å². The van der Waals surface area contributed by atoms with E-state index in [4.69, 9.17) is 8.95 Å². The van der Waals surface area contributed by atoms with Gasteiger partial charge in [-0.05, 0) is 26.6 Å². The van der Waals surface area contributed by atoms with Gasteiger partial charge in [0.1, 0.15) is 0 Å². The lowest BCUT2D eigenvalue weighted by atomic mass is 10.3. The monoisotopic (exact) mass is 266 g/mol. The van der Waals surface area contributed by atoms with Gasteiger partial charge in [-0.15, -0.1) is 0 Å². The molecule has 0 aromatic rings. The number of rotatable bonds is 4. The van der Waals surface area contributed by atoms with Gasteiger partial charge in [0.05, 0.1) is 6.61 Å². The van der Waals surface area contributed by atoms with Crippen molar-refractivity contribution in [3.8, 4) is 0 Å². The zero-order valence-corrected chi connectivity index (χ0v) is 13.2. The maximum Gasteiger partial charge on any atom is 0.391 e. The molecule has 0 aromatic carbocycles. The number of hydrogen-bond acceptors (Lipinski definition) is 4. The lowest BCUT2D eigenvalue weighted by Crippen LogP contribution is -2.32. The van der Waals surface area contributed by atoms with E-state index in [2.05, 4.69) is 0 Å². The topological polar surface area (TPSA) is 52.6 Å². The molecule has 4 nitrogen and oxygen atoms in total. The maximum atomic E-state index is 12.7. The molecule has 0 aromatic heterocycles. The van der Waals surface area contributed by atoms with E-state index in [-0.39, 0.29) is 6.61 Å². The second-order valence-corrected chi connectivity index (χ2v) is 13.4. The first-order valence-corrected chi connectivity index (χ1v) is 10.5. The van der Waals surface area contributed by atoms with E-state index in [0.717, 1.165) is 0 Å². The van der Waals surface area contributed by atoms with Crippen molar-refractivity contribution in [2.24, 2.45) is 0 Å². The van der Waals surface area contributed by atoms with Gasteiger partial charge in [-0.2, -0.15) is 0 Å². The van der Waals surface area contributed by atoms with Gasteiger partial charge in [-0.1, -0.05) is 20.8 Å². The molecule has 0 fully saturated rings. The molecule has 16 heavy (non-hydrogen) atoms. The summed E-state index contributed by atoms with van der Waals surface area (Å²) < 4.78 is 23.2. The number of carbonyl (C=O) groups is 1. The summed E-state index contributed by atoms with van der Waals surface area (Å²) >= 11 is 0. The molecule has 0 rings (SSSR count). The van der Waals surface area contributed by atoms with E-state index in [9.17, 15) is 9.36 Å². The third kappa shape index (κ3) is 4.04. The molecule has 1 unspecified atom stereocenters. The van der Waals surface area contributed by atoms with Crippen LogP contribution in [0.25, 0.3) is 0 Å². The highest BCUT2D eigenvalue weighted by Crippen LogP contribution is 2.61. The molecule has 0 saturated carbocycles. The van der Waals surface area contributed by atoms with Gasteiger partial charge in [-0.3, -0.25) is 4.57 Å². The van der Waals surface area contributed by atoms with Crippen LogP contribution in [0.4, 0.5) is 4.79 Å². The Morgan fingerprint density at radius 2 is 1.69 bits per heavy atom. The second-order valence-electron chi connectivity index (χ2n) is 5.62. The third-order valence-corrected chi connectivity index (χ3v) is 7.39. The molecule has 96 valence electrons. The minimum atomic E-state index is -3.43. The van der Waals surface area contributed by atoms with Crippen LogP contribution in [-0.4, -0.2) is 25.8 Å². The van der Waals surface area contributed by atoms with Crippen molar-refractivity contribution in [3.05, 3.63) is 0 Å². The summed E-state index contributed by atoms with van der Waals surface area (Å²) in [6.07, 6.45) is 0. The average Bonchev–Trinajstić information content (AvgIpc) is 1.99. The lowest BCUT2D eigenvalue weighted by molar-refractivity contribution is 0.174. The molecule has 0 radical (unpaired) electrons. The minimum Gasteiger partial charge on any atom is -0.459 e. The standard InChI is InChI=1S/C10H23O4PSi/c1-8-13-9(11)15(12,10(2,3)4)14-16(5,6)7/h8H2,1-7H3. The van der Waals surface area contributed by atoms with Gasteiger partial charge in [0.25, 0.3) is 0 Å². The highest BCUT2D eigenvalue weighted by atomic mass is 31.2. The maximum absolute atomic E-state index is 12.7. The summed E-state index contributed by atoms with van der Waals surface area (Å²) in [5.41, 5.74) is -0.704. The highest BCUT2D eigenvalue weighted by Gasteiger charge is 2.49. The van der Waals surface area contributed by atoms with Crippen molar-refractivity contribution in [3.63, 3.8) is 0 Å². The molecule has 0 amide bonds. The predicted octanol–water partition coefficient (Wildman–Crippen LogP) is 4.07. The van der Waals surface area contributed by atoms with E-state index in [1.54, 1.807) is 27.7 Å². The van der Waals surface area contributed by atoms with Crippen LogP contribution < -0.4 is 0 Å². The molecule has 0 aliphatic heterocycles. The largest absolute Gasteiger partial charge is 0.459 e. The van der Waals surface area contributed by atoms with Gasteiger partial charge < -0.3 is 8.95 Å². The summed E-state index contributed by atoms with van der Waals surface area (Å²) in [6.45, 7) is 12.9.